The van der Waals surface area contributed by atoms with Crippen molar-refractivity contribution in [3.05, 3.63) is 53.7 Å². The third-order valence-electron chi connectivity index (χ3n) is 4.73. The van der Waals surface area contributed by atoms with Gasteiger partial charge in [-0.15, -0.1) is 0 Å². The van der Waals surface area contributed by atoms with E-state index in [4.69, 9.17) is 9.47 Å². The first kappa shape index (κ1) is 20.1. The van der Waals surface area contributed by atoms with Crippen LogP contribution < -0.4 is 15.4 Å². The molecule has 1 saturated heterocycles. The standard InChI is InChI=1S/C21H28N4O3/c1-27-19-5-3-2-4-17(19)6-9-24-21(26)18-7-8-22-20(16-18)23-10-11-25-12-14-28-15-13-25/h2-5,7-8,16H,6,9-15H2,1H3,(H,22,23)(H,24,26). The Balaban J connectivity index is 1.45. The van der Waals surface area contributed by atoms with Crippen LogP contribution in [0.4, 0.5) is 5.82 Å². The molecule has 0 atom stereocenters. The van der Waals surface area contributed by atoms with Gasteiger partial charge in [0.15, 0.2) is 0 Å². The van der Waals surface area contributed by atoms with E-state index in [1.165, 1.54) is 0 Å². The van der Waals surface area contributed by atoms with Gasteiger partial charge < -0.3 is 20.1 Å². The number of nitrogens with zero attached hydrogens (tertiary/aromatic N) is 2. The molecule has 0 unspecified atom stereocenters. The summed E-state index contributed by atoms with van der Waals surface area (Å²) in [7, 11) is 1.65. The Hall–Kier alpha value is -2.64. The number of ether oxygens (including phenoxy) is 2. The van der Waals surface area contributed by atoms with Gasteiger partial charge >= 0.3 is 0 Å². The lowest BCUT2D eigenvalue weighted by molar-refractivity contribution is 0.0398. The molecule has 0 radical (unpaired) electrons. The van der Waals surface area contributed by atoms with Crippen molar-refractivity contribution in [2.24, 2.45) is 0 Å². The number of hydrogen-bond acceptors (Lipinski definition) is 6. The number of rotatable bonds is 9. The normalized spacial score (nSPS) is 14.5. The quantitative estimate of drug-likeness (QED) is 0.687. The Morgan fingerprint density at radius 2 is 2.04 bits per heavy atom. The Morgan fingerprint density at radius 1 is 1.21 bits per heavy atom. The molecule has 7 heteroatoms. The highest BCUT2D eigenvalue weighted by Crippen LogP contribution is 2.17. The molecule has 28 heavy (non-hydrogen) atoms. The number of pyridine rings is 1. The molecule has 0 saturated carbocycles. The second kappa shape index (κ2) is 10.6. The molecular formula is C21H28N4O3. The number of carbonyl (C=O) groups is 1. The fourth-order valence-corrected chi connectivity index (χ4v) is 3.16. The number of nitrogens with one attached hydrogen (secondary N) is 2. The van der Waals surface area contributed by atoms with E-state index in [0.29, 0.717) is 24.3 Å². The first-order valence-electron chi connectivity index (χ1n) is 9.66. The van der Waals surface area contributed by atoms with Gasteiger partial charge in [-0.3, -0.25) is 9.69 Å². The molecule has 2 aromatic rings. The summed E-state index contributed by atoms with van der Waals surface area (Å²) in [4.78, 5) is 19.1. The highest BCUT2D eigenvalue weighted by atomic mass is 16.5. The lowest BCUT2D eigenvalue weighted by Gasteiger charge is -2.26. The van der Waals surface area contributed by atoms with Crippen LogP contribution >= 0.6 is 0 Å². The van der Waals surface area contributed by atoms with Crippen LogP contribution in [-0.2, 0) is 11.2 Å². The van der Waals surface area contributed by atoms with Gasteiger partial charge in [-0.05, 0) is 30.2 Å². The molecule has 2 heterocycles. The molecule has 1 aromatic carbocycles. The minimum atomic E-state index is -0.103. The van der Waals surface area contributed by atoms with Crippen LogP contribution in [0, 0.1) is 0 Å². The number of morpholine rings is 1. The summed E-state index contributed by atoms with van der Waals surface area (Å²) in [6, 6.07) is 11.4. The van der Waals surface area contributed by atoms with Gasteiger partial charge in [0.2, 0.25) is 0 Å². The largest absolute Gasteiger partial charge is 0.496 e. The van der Waals surface area contributed by atoms with Crippen LogP contribution in [0.3, 0.4) is 0 Å². The molecule has 1 aromatic heterocycles. The molecule has 0 aliphatic carbocycles. The van der Waals surface area contributed by atoms with Crippen LogP contribution in [0.25, 0.3) is 0 Å². The summed E-state index contributed by atoms with van der Waals surface area (Å²) in [6.07, 6.45) is 2.37. The van der Waals surface area contributed by atoms with E-state index in [9.17, 15) is 4.79 Å². The number of hydrogen-bond donors (Lipinski definition) is 2. The number of anilines is 1. The van der Waals surface area contributed by atoms with Gasteiger partial charge in [0.25, 0.3) is 5.91 Å². The van der Waals surface area contributed by atoms with Crippen LogP contribution in [0.1, 0.15) is 15.9 Å². The van der Waals surface area contributed by atoms with Crippen molar-refractivity contribution < 1.29 is 14.3 Å². The molecule has 7 nitrogen and oxygen atoms in total. The zero-order valence-corrected chi connectivity index (χ0v) is 16.3. The van der Waals surface area contributed by atoms with Crippen molar-refractivity contribution in [1.29, 1.82) is 0 Å². The Kier molecular flexibility index (Phi) is 7.63. The first-order valence-corrected chi connectivity index (χ1v) is 9.66. The Morgan fingerprint density at radius 3 is 2.86 bits per heavy atom. The number of para-hydroxylation sites is 1. The highest BCUT2D eigenvalue weighted by Gasteiger charge is 2.10. The van der Waals surface area contributed by atoms with Crippen LogP contribution in [0.2, 0.25) is 0 Å². The Bertz CT molecular complexity index is 763. The first-order chi connectivity index (χ1) is 13.8. The second-order valence-electron chi connectivity index (χ2n) is 6.63. The van der Waals surface area contributed by atoms with Crippen molar-refractivity contribution >= 4 is 11.7 Å². The second-order valence-corrected chi connectivity index (χ2v) is 6.63. The minimum absolute atomic E-state index is 0.103. The van der Waals surface area contributed by atoms with E-state index in [1.807, 2.05) is 24.3 Å². The van der Waals surface area contributed by atoms with E-state index in [0.717, 1.165) is 50.7 Å². The van der Waals surface area contributed by atoms with Crippen molar-refractivity contribution in [2.75, 3.05) is 58.4 Å². The molecule has 2 N–H and O–H groups in total. The monoisotopic (exact) mass is 384 g/mol. The lowest BCUT2D eigenvalue weighted by atomic mass is 10.1. The van der Waals surface area contributed by atoms with E-state index in [-0.39, 0.29) is 5.91 Å². The van der Waals surface area contributed by atoms with E-state index in [2.05, 4.69) is 20.5 Å². The van der Waals surface area contributed by atoms with Crippen LogP contribution in [-0.4, -0.2) is 68.8 Å². The van der Waals surface area contributed by atoms with Gasteiger partial charge in [0, 0.05) is 44.5 Å². The van der Waals surface area contributed by atoms with Crippen molar-refractivity contribution in [1.82, 2.24) is 15.2 Å². The summed E-state index contributed by atoms with van der Waals surface area (Å²) < 4.78 is 10.7. The van der Waals surface area contributed by atoms with Crippen molar-refractivity contribution in [3.63, 3.8) is 0 Å². The van der Waals surface area contributed by atoms with Crippen LogP contribution in [0.5, 0.6) is 5.75 Å². The fourth-order valence-electron chi connectivity index (χ4n) is 3.16. The maximum Gasteiger partial charge on any atom is 0.251 e. The van der Waals surface area contributed by atoms with Gasteiger partial charge in [0.1, 0.15) is 11.6 Å². The lowest BCUT2D eigenvalue weighted by Crippen LogP contribution is -2.39. The molecule has 1 amide bonds. The number of carbonyl (C=O) groups excluding carboxylic acids is 1. The molecule has 1 aliphatic heterocycles. The minimum Gasteiger partial charge on any atom is -0.496 e. The number of amides is 1. The van der Waals surface area contributed by atoms with Gasteiger partial charge in [0.05, 0.1) is 20.3 Å². The summed E-state index contributed by atoms with van der Waals surface area (Å²) in [5.41, 5.74) is 1.68. The highest BCUT2D eigenvalue weighted by molar-refractivity contribution is 5.94. The zero-order valence-electron chi connectivity index (χ0n) is 16.3. The third kappa shape index (κ3) is 5.94. The van der Waals surface area contributed by atoms with Gasteiger partial charge in [-0.2, -0.15) is 0 Å². The summed E-state index contributed by atoms with van der Waals surface area (Å²) in [6.45, 7) is 5.77. The number of benzene rings is 1. The summed E-state index contributed by atoms with van der Waals surface area (Å²) in [5.74, 6) is 1.45. The number of methoxy groups -OCH3 is 1. The van der Waals surface area contributed by atoms with Crippen LogP contribution in [0.15, 0.2) is 42.6 Å². The number of aromatic nitrogens is 1. The average Bonchev–Trinajstić information content (AvgIpc) is 2.75. The molecule has 1 aliphatic rings. The smallest absolute Gasteiger partial charge is 0.251 e. The Labute approximate surface area is 166 Å². The van der Waals surface area contributed by atoms with E-state index >= 15 is 0 Å². The van der Waals surface area contributed by atoms with E-state index in [1.54, 1.807) is 25.4 Å². The van der Waals surface area contributed by atoms with Gasteiger partial charge in [-0.25, -0.2) is 4.98 Å². The molecular weight excluding hydrogens is 356 g/mol. The summed E-state index contributed by atoms with van der Waals surface area (Å²) in [5, 5.41) is 6.26. The topological polar surface area (TPSA) is 75.7 Å². The third-order valence-corrected chi connectivity index (χ3v) is 4.73. The zero-order chi connectivity index (χ0) is 19.6. The summed E-state index contributed by atoms with van der Waals surface area (Å²) >= 11 is 0. The van der Waals surface area contributed by atoms with Crippen molar-refractivity contribution in [2.45, 2.75) is 6.42 Å². The molecule has 3 rings (SSSR count). The molecule has 0 spiro atoms. The fraction of sp³-hybridized carbons (Fsp3) is 0.429. The molecule has 150 valence electrons. The molecule has 1 fully saturated rings. The SMILES string of the molecule is COc1ccccc1CCNC(=O)c1ccnc(NCCN2CCOCC2)c1. The van der Waals surface area contributed by atoms with E-state index < -0.39 is 0 Å². The predicted octanol–water partition coefficient (Wildman–Crippen LogP) is 1.81. The predicted molar refractivity (Wildman–Crippen MR) is 109 cm³/mol. The molecule has 0 bridgehead atoms. The average molecular weight is 384 g/mol. The maximum absolute atomic E-state index is 12.4. The van der Waals surface area contributed by atoms with Gasteiger partial charge in [-0.1, -0.05) is 18.2 Å². The maximum atomic E-state index is 12.4. The van der Waals surface area contributed by atoms with Crippen molar-refractivity contribution in [3.8, 4) is 5.75 Å².